The first-order valence-electron chi connectivity index (χ1n) is 7.43. The molecule has 4 rings (SSSR count). The molecule has 2 N–H and O–H groups in total. The Balaban J connectivity index is 1.41. The van der Waals surface area contributed by atoms with Crippen LogP contribution in [0.2, 0.25) is 0 Å². The number of likely N-dealkylation sites (tertiary alicyclic amines) is 1. The molecule has 2 heterocycles. The van der Waals surface area contributed by atoms with E-state index in [9.17, 15) is 0 Å². The van der Waals surface area contributed by atoms with Gasteiger partial charge in [0.2, 0.25) is 0 Å². The van der Waals surface area contributed by atoms with E-state index >= 15 is 0 Å². The van der Waals surface area contributed by atoms with Gasteiger partial charge in [-0.1, -0.05) is 0 Å². The molecular weight excluding hydrogens is 212 g/mol. The first-order chi connectivity index (χ1) is 8.29. The van der Waals surface area contributed by atoms with E-state index in [1.54, 1.807) is 0 Å². The fraction of sp³-hybridized carbons (Fsp3) is 1.00. The van der Waals surface area contributed by atoms with Crippen LogP contribution in [-0.2, 0) is 4.74 Å². The number of nitrogens with two attached hydrogens (primary N) is 1. The predicted molar refractivity (Wildman–Crippen MR) is 66.6 cm³/mol. The fourth-order valence-electron chi connectivity index (χ4n) is 4.87. The Kier molecular flexibility index (Phi) is 2.50. The van der Waals surface area contributed by atoms with Crippen LogP contribution < -0.4 is 5.73 Å². The van der Waals surface area contributed by atoms with Gasteiger partial charge in [-0.2, -0.15) is 0 Å². The number of hydrogen-bond donors (Lipinski definition) is 1. The third-order valence-electron chi connectivity index (χ3n) is 5.75. The van der Waals surface area contributed by atoms with Gasteiger partial charge < -0.3 is 10.5 Å². The van der Waals surface area contributed by atoms with Gasteiger partial charge >= 0.3 is 0 Å². The van der Waals surface area contributed by atoms with Crippen LogP contribution in [0, 0.1) is 17.8 Å². The molecule has 4 aliphatic rings. The molecule has 6 unspecified atom stereocenters. The number of rotatable bonds is 2. The van der Waals surface area contributed by atoms with E-state index in [2.05, 4.69) is 4.90 Å². The van der Waals surface area contributed by atoms with Crippen LogP contribution in [0.25, 0.3) is 0 Å². The molecule has 0 radical (unpaired) electrons. The van der Waals surface area contributed by atoms with E-state index in [0.29, 0.717) is 18.2 Å². The Morgan fingerprint density at radius 2 is 1.71 bits per heavy atom. The van der Waals surface area contributed by atoms with Gasteiger partial charge in [-0.05, 0) is 49.9 Å². The second-order valence-electron chi connectivity index (χ2n) is 6.75. The quantitative estimate of drug-likeness (QED) is 0.783. The highest BCUT2D eigenvalue weighted by Gasteiger charge is 2.47. The van der Waals surface area contributed by atoms with Crippen molar-refractivity contribution in [3.63, 3.8) is 0 Å². The van der Waals surface area contributed by atoms with Crippen molar-refractivity contribution in [2.45, 2.75) is 50.4 Å². The molecule has 17 heavy (non-hydrogen) atoms. The van der Waals surface area contributed by atoms with Crippen molar-refractivity contribution < 1.29 is 4.74 Å². The van der Waals surface area contributed by atoms with Gasteiger partial charge in [-0.3, -0.25) is 4.90 Å². The van der Waals surface area contributed by atoms with Crippen molar-refractivity contribution in [1.82, 2.24) is 4.90 Å². The second-order valence-corrected chi connectivity index (χ2v) is 6.75. The average Bonchev–Trinajstić information content (AvgIpc) is 2.98. The van der Waals surface area contributed by atoms with Gasteiger partial charge in [0.1, 0.15) is 0 Å². The molecule has 6 atom stereocenters. The zero-order chi connectivity index (χ0) is 11.4. The molecule has 0 aromatic carbocycles. The third kappa shape index (κ3) is 1.74. The van der Waals surface area contributed by atoms with Crippen LogP contribution in [0.4, 0.5) is 0 Å². The van der Waals surface area contributed by atoms with Gasteiger partial charge in [0.05, 0.1) is 12.2 Å². The molecule has 2 saturated carbocycles. The molecule has 3 heteroatoms. The lowest BCUT2D eigenvalue weighted by Crippen LogP contribution is -2.48. The highest BCUT2D eigenvalue weighted by Crippen LogP contribution is 2.48. The topological polar surface area (TPSA) is 38.5 Å². The third-order valence-corrected chi connectivity index (χ3v) is 5.75. The Hall–Kier alpha value is -0.120. The van der Waals surface area contributed by atoms with Crippen LogP contribution in [0.1, 0.15) is 32.1 Å². The highest BCUT2D eigenvalue weighted by molar-refractivity contribution is 5.00. The van der Waals surface area contributed by atoms with Gasteiger partial charge in [0.25, 0.3) is 0 Å². The number of morpholine rings is 1. The molecule has 2 aliphatic carbocycles. The number of nitrogens with zero attached hydrogens (tertiary/aromatic N) is 1. The van der Waals surface area contributed by atoms with Crippen LogP contribution >= 0.6 is 0 Å². The SMILES string of the molecule is NC1C2CCC(C2)C1CN1CC2CCC(C1)O2. The van der Waals surface area contributed by atoms with Crippen molar-refractivity contribution in [3.8, 4) is 0 Å². The summed E-state index contributed by atoms with van der Waals surface area (Å²) in [6.45, 7) is 3.58. The normalized spacial score (nSPS) is 53.5. The van der Waals surface area contributed by atoms with Crippen LogP contribution in [0.15, 0.2) is 0 Å². The van der Waals surface area contributed by atoms with Gasteiger partial charge in [0.15, 0.2) is 0 Å². The molecule has 4 bridgehead atoms. The maximum Gasteiger partial charge on any atom is 0.0707 e. The molecule has 0 aromatic heterocycles. The summed E-state index contributed by atoms with van der Waals surface area (Å²) >= 11 is 0. The zero-order valence-corrected chi connectivity index (χ0v) is 10.6. The lowest BCUT2D eigenvalue weighted by atomic mass is 9.84. The zero-order valence-electron chi connectivity index (χ0n) is 10.6. The molecule has 2 aliphatic heterocycles. The summed E-state index contributed by atoms with van der Waals surface area (Å²) in [6.07, 6.45) is 7.89. The fourth-order valence-corrected chi connectivity index (χ4v) is 4.87. The maximum atomic E-state index is 6.41. The standard InChI is InChI=1S/C14H24N2O/c15-14-10-2-1-9(5-10)13(14)8-16-6-11-3-4-12(7-16)17-11/h9-14H,1-8,15H2. The Morgan fingerprint density at radius 3 is 2.35 bits per heavy atom. The van der Waals surface area contributed by atoms with Crippen LogP contribution in [0.5, 0.6) is 0 Å². The Labute approximate surface area is 104 Å². The summed E-state index contributed by atoms with van der Waals surface area (Å²) in [5.41, 5.74) is 6.41. The second kappa shape index (κ2) is 3.94. The summed E-state index contributed by atoms with van der Waals surface area (Å²) in [5.74, 6) is 2.57. The first kappa shape index (κ1) is 10.8. The largest absolute Gasteiger partial charge is 0.372 e. The van der Waals surface area contributed by atoms with Crippen molar-refractivity contribution in [2.75, 3.05) is 19.6 Å². The number of ether oxygens (including phenoxy) is 1. The summed E-state index contributed by atoms with van der Waals surface area (Å²) in [7, 11) is 0. The Morgan fingerprint density at radius 1 is 1.00 bits per heavy atom. The summed E-state index contributed by atoms with van der Waals surface area (Å²) < 4.78 is 5.91. The van der Waals surface area contributed by atoms with Crippen LogP contribution in [0.3, 0.4) is 0 Å². The van der Waals surface area contributed by atoms with Crippen LogP contribution in [-0.4, -0.2) is 42.8 Å². The average molecular weight is 236 g/mol. The molecule has 0 aromatic rings. The van der Waals surface area contributed by atoms with Crippen molar-refractivity contribution in [1.29, 1.82) is 0 Å². The maximum absolute atomic E-state index is 6.41. The van der Waals surface area contributed by atoms with Crippen molar-refractivity contribution >= 4 is 0 Å². The van der Waals surface area contributed by atoms with Gasteiger partial charge in [-0.15, -0.1) is 0 Å². The summed E-state index contributed by atoms with van der Waals surface area (Å²) in [6, 6.07) is 0.495. The smallest absolute Gasteiger partial charge is 0.0707 e. The number of fused-ring (bicyclic) bond motifs is 4. The summed E-state index contributed by atoms with van der Waals surface area (Å²) in [4.78, 5) is 2.65. The molecular formula is C14H24N2O. The van der Waals surface area contributed by atoms with Crippen molar-refractivity contribution in [2.24, 2.45) is 23.5 Å². The molecule has 3 nitrogen and oxygen atoms in total. The lowest BCUT2D eigenvalue weighted by Gasteiger charge is -2.37. The predicted octanol–water partition coefficient (Wildman–Crippen LogP) is 1.22. The van der Waals surface area contributed by atoms with E-state index in [-0.39, 0.29) is 0 Å². The molecule has 96 valence electrons. The van der Waals surface area contributed by atoms with E-state index < -0.39 is 0 Å². The molecule has 0 amide bonds. The molecule has 0 spiro atoms. The molecule has 2 saturated heterocycles. The van der Waals surface area contributed by atoms with Gasteiger partial charge in [-0.25, -0.2) is 0 Å². The van der Waals surface area contributed by atoms with E-state index in [1.165, 1.54) is 38.6 Å². The van der Waals surface area contributed by atoms with E-state index in [1.807, 2.05) is 0 Å². The van der Waals surface area contributed by atoms with E-state index in [0.717, 1.165) is 30.8 Å². The summed E-state index contributed by atoms with van der Waals surface area (Å²) in [5, 5.41) is 0. The highest BCUT2D eigenvalue weighted by atomic mass is 16.5. The minimum absolute atomic E-state index is 0.495. The molecule has 4 fully saturated rings. The van der Waals surface area contributed by atoms with Crippen molar-refractivity contribution in [3.05, 3.63) is 0 Å². The minimum Gasteiger partial charge on any atom is -0.372 e. The Bertz CT molecular complexity index is 295. The van der Waals surface area contributed by atoms with Gasteiger partial charge in [0, 0.05) is 25.7 Å². The minimum atomic E-state index is 0.495. The first-order valence-corrected chi connectivity index (χ1v) is 7.43. The lowest BCUT2D eigenvalue weighted by molar-refractivity contribution is -0.0455. The van der Waals surface area contributed by atoms with E-state index in [4.69, 9.17) is 10.5 Å². The monoisotopic (exact) mass is 236 g/mol. The number of hydrogen-bond acceptors (Lipinski definition) is 3.